The predicted molar refractivity (Wildman–Crippen MR) is 147 cm³/mol. The van der Waals surface area contributed by atoms with Crippen molar-refractivity contribution >= 4 is 11.6 Å². The molecule has 4 atom stereocenters. The second-order valence-corrected chi connectivity index (χ2v) is 10.8. The van der Waals surface area contributed by atoms with E-state index in [9.17, 15) is 9.59 Å². The molecule has 8 nitrogen and oxygen atoms in total. The molecule has 36 heavy (non-hydrogen) atoms. The van der Waals surface area contributed by atoms with Gasteiger partial charge in [0, 0.05) is 39.0 Å². The molecule has 0 radical (unpaired) electrons. The Bertz CT molecular complexity index is 592. The van der Waals surface area contributed by atoms with Gasteiger partial charge in [-0.3, -0.25) is 24.3 Å². The fraction of sp³-hybridized carbons (Fsp3) is 0.929. The highest BCUT2D eigenvalue weighted by atomic mass is 16.5. The summed E-state index contributed by atoms with van der Waals surface area (Å²) in [5.41, 5.74) is 5.91. The first kappa shape index (κ1) is 33.1. The first-order valence-corrected chi connectivity index (χ1v) is 14.3. The quantitative estimate of drug-likeness (QED) is 0.358. The Kier molecular flexibility index (Phi) is 17.7. The van der Waals surface area contributed by atoms with E-state index in [1.54, 1.807) is 0 Å². The number of hydrogen-bond acceptors (Lipinski definition) is 8. The third-order valence-electron chi connectivity index (χ3n) is 7.70. The fourth-order valence-corrected chi connectivity index (χ4v) is 4.83. The number of morpholine rings is 2. The molecule has 0 amide bonds. The van der Waals surface area contributed by atoms with Gasteiger partial charge in [-0.15, -0.1) is 0 Å². The van der Waals surface area contributed by atoms with Crippen molar-refractivity contribution in [1.29, 1.82) is 0 Å². The van der Waals surface area contributed by atoms with Gasteiger partial charge in [0.05, 0.1) is 38.5 Å². The van der Waals surface area contributed by atoms with Crippen LogP contribution in [-0.4, -0.2) is 118 Å². The van der Waals surface area contributed by atoms with E-state index in [1.807, 2.05) is 21.0 Å². The highest BCUT2D eigenvalue weighted by Gasteiger charge is 2.25. The molecule has 0 aromatic heterocycles. The van der Waals surface area contributed by atoms with Crippen molar-refractivity contribution in [3.63, 3.8) is 0 Å². The van der Waals surface area contributed by atoms with Gasteiger partial charge in [0.1, 0.15) is 11.6 Å². The molecular formula is C28H56N4O4. The summed E-state index contributed by atoms with van der Waals surface area (Å²) < 4.78 is 10.6. The Morgan fingerprint density at radius 3 is 1.58 bits per heavy atom. The first-order valence-electron chi connectivity index (χ1n) is 14.3. The summed E-state index contributed by atoms with van der Waals surface area (Å²) in [6.07, 6.45) is 5.23. The van der Waals surface area contributed by atoms with Crippen molar-refractivity contribution in [2.45, 2.75) is 78.3 Å². The summed E-state index contributed by atoms with van der Waals surface area (Å²) in [5.74, 6) is 1.34. The maximum absolute atomic E-state index is 12.3. The van der Waals surface area contributed by atoms with Gasteiger partial charge < -0.3 is 15.2 Å². The Balaban J connectivity index is 0.000000362. The van der Waals surface area contributed by atoms with Crippen molar-refractivity contribution in [2.24, 2.45) is 17.6 Å². The smallest absolute Gasteiger partial charge is 0.150 e. The first-order chi connectivity index (χ1) is 17.2. The molecule has 2 N–H and O–H groups in total. The van der Waals surface area contributed by atoms with Crippen molar-refractivity contribution in [3.8, 4) is 0 Å². The minimum atomic E-state index is -0.273. The molecule has 2 aliphatic heterocycles. The van der Waals surface area contributed by atoms with Gasteiger partial charge in [-0.2, -0.15) is 0 Å². The number of nitrogens with zero attached hydrogens (tertiary/aromatic N) is 3. The Morgan fingerprint density at radius 1 is 0.778 bits per heavy atom. The number of nitrogens with two attached hydrogens (primary N) is 1. The average molecular weight is 513 g/mol. The number of carbonyl (C=O) groups excluding carboxylic acids is 2. The normalized spacial score (nSPS) is 20.8. The lowest BCUT2D eigenvalue weighted by Gasteiger charge is -2.29. The summed E-state index contributed by atoms with van der Waals surface area (Å²) in [7, 11) is 4.02. The van der Waals surface area contributed by atoms with Crippen molar-refractivity contribution < 1.29 is 19.1 Å². The maximum atomic E-state index is 12.3. The molecule has 0 aromatic carbocycles. The standard InChI is InChI=1S/C15H30N2O2.C13H26N2O2/c1-5-13(2)15(16(3)4)14(18)7-6-8-17-9-11-19-12-10-17;1-3-11(2)13(14)12(16)5-4-6-15-7-9-17-10-8-15/h13,15H,5-12H2,1-4H3;11,13H,3-10,14H2,1-2H3/t13-,15-;11-,13-/m00/s1. The van der Waals surface area contributed by atoms with Crippen LogP contribution in [0.2, 0.25) is 0 Å². The van der Waals surface area contributed by atoms with Crippen LogP contribution in [-0.2, 0) is 19.1 Å². The van der Waals surface area contributed by atoms with E-state index in [4.69, 9.17) is 15.2 Å². The molecule has 2 rings (SSSR count). The third-order valence-corrected chi connectivity index (χ3v) is 7.70. The fourth-order valence-electron chi connectivity index (χ4n) is 4.83. The van der Waals surface area contributed by atoms with E-state index < -0.39 is 0 Å². The van der Waals surface area contributed by atoms with Gasteiger partial charge in [0.2, 0.25) is 0 Å². The zero-order valence-corrected chi connectivity index (χ0v) is 24.2. The summed E-state index contributed by atoms with van der Waals surface area (Å²) in [4.78, 5) is 31.0. The Labute approximate surface area is 221 Å². The molecule has 2 heterocycles. The number of hydrogen-bond donors (Lipinski definition) is 1. The minimum absolute atomic E-state index is 0.0784. The Morgan fingerprint density at radius 2 is 1.19 bits per heavy atom. The van der Waals surface area contributed by atoms with E-state index in [0.717, 1.165) is 91.4 Å². The third kappa shape index (κ3) is 13.1. The van der Waals surface area contributed by atoms with Crippen LogP contribution in [0.4, 0.5) is 0 Å². The van der Waals surface area contributed by atoms with E-state index in [0.29, 0.717) is 30.5 Å². The van der Waals surface area contributed by atoms with Crippen LogP contribution < -0.4 is 5.73 Å². The van der Waals surface area contributed by atoms with Crippen LogP contribution in [0.15, 0.2) is 0 Å². The van der Waals surface area contributed by atoms with Crippen LogP contribution in [0.5, 0.6) is 0 Å². The van der Waals surface area contributed by atoms with E-state index in [2.05, 4.69) is 35.5 Å². The second kappa shape index (κ2) is 19.2. The van der Waals surface area contributed by atoms with Crippen molar-refractivity contribution in [2.75, 3.05) is 79.8 Å². The molecule has 0 bridgehead atoms. The highest BCUT2D eigenvalue weighted by molar-refractivity contribution is 5.84. The molecule has 0 spiro atoms. The molecule has 0 saturated carbocycles. The molecule has 0 aromatic rings. The SMILES string of the molecule is CC[C@H](C)[C@@H](C(=O)CCCN1CCOCC1)N(C)C.CC[C@H](C)[C@H](N)C(=O)CCCN1CCOCC1. The van der Waals surface area contributed by atoms with E-state index in [-0.39, 0.29) is 17.9 Å². The van der Waals surface area contributed by atoms with Gasteiger partial charge in [-0.25, -0.2) is 0 Å². The number of carbonyl (C=O) groups is 2. The number of likely N-dealkylation sites (N-methyl/N-ethyl adjacent to an activating group) is 1. The largest absolute Gasteiger partial charge is 0.379 e. The van der Waals surface area contributed by atoms with Gasteiger partial charge in [-0.1, -0.05) is 40.5 Å². The monoisotopic (exact) mass is 512 g/mol. The molecule has 212 valence electrons. The van der Waals surface area contributed by atoms with Gasteiger partial charge in [0.25, 0.3) is 0 Å². The summed E-state index contributed by atoms with van der Waals surface area (Å²) in [6, 6.07) is -0.195. The number of rotatable bonds is 15. The highest BCUT2D eigenvalue weighted by Crippen LogP contribution is 2.16. The van der Waals surface area contributed by atoms with Crippen molar-refractivity contribution in [1.82, 2.24) is 14.7 Å². The summed E-state index contributed by atoms with van der Waals surface area (Å²) in [5, 5.41) is 0. The molecule has 8 heteroatoms. The zero-order valence-electron chi connectivity index (χ0n) is 24.2. The lowest BCUT2D eigenvalue weighted by molar-refractivity contribution is -0.125. The lowest BCUT2D eigenvalue weighted by atomic mass is 9.92. The average Bonchev–Trinajstić information content (AvgIpc) is 2.89. The summed E-state index contributed by atoms with van der Waals surface area (Å²) in [6.45, 7) is 17.8. The van der Waals surface area contributed by atoms with Gasteiger partial charge in [0.15, 0.2) is 0 Å². The van der Waals surface area contributed by atoms with E-state index in [1.165, 1.54) is 0 Å². The number of Topliss-reactive ketones (excluding diaryl/α,β-unsaturated/α-hetero) is 2. The molecule has 2 saturated heterocycles. The molecule has 2 fully saturated rings. The van der Waals surface area contributed by atoms with Gasteiger partial charge in [-0.05, 0) is 51.9 Å². The van der Waals surface area contributed by atoms with Crippen LogP contribution in [0.25, 0.3) is 0 Å². The molecule has 0 aliphatic carbocycles. The summed E-state index contributed by atoms with van der Waals surface area (Å²) >= 11 is 0. The predicted octanol–water partition coefficient (Wildman–Crippen LogP) is 2.69. The van der Waals surface area contributed by atoms with Crippen LogP contribution in [0.3, 0.4) is 0 Å². The second-order valence-electron chi connectivity index (χ2n) is 10.8. The van der Waals surface area contributed by atoms with E-state index >= 15 is 0 Å². The molecular weight excluding hydrogens is 456 g/mol. The molecule has 2 aliphatic rings. The minimum Gasteiger partial charge on any atom is -0.379 e. The Hall–Kier alpha value is -0.900. The lowest BCUT2D eigenvalue weighted by Crippen LogP contribution is -2.41. The van der Waals surface area contributed by atoms with Crippen LogP contribution in [0, 0.1) is 11.8 Å². The van der Waals surface area contributed by atoms with Gasteiger partial charge >= 0.3 is 0 Å². The number of ether oxygens (including phenoxy) is 2. The topological polar surface area (TPSA) is 88.3 Å². The maximum Gasteiger partial charge on any atom is 0.150 e. The molecule has 0 unspecified atom stereocenters. The van der Waals surface area contributed by atoms with Crippen molar-refractivity contribution in [3.05, 3.63) is 0 Å². The van der Waals surface area contributed by atoms with Crippen LogP contribution >= 0.6 is 0 Å². The number of ketones is 2. The van der Waals surface area contributed by atoms with Crippen LogP contribution in [0.1, 0.15) is 66.2 Å². The zero-order chi connectivity index (χ0) is 26.9.